The van der Waals surface area contributed by atoms with Crippen LogP contribution >= 0.6 is 0 Å². The van der Waals surface area contributed by atoms with Gasteiger partial charge in [0.25, 0.3) is 0 Å². The molecule has 3 aliphatic carbocycles. The molecule has 2 aromatic rings. The highest BCUT2D eigenvalue weighted by Gasteiger charge is 2.76. The Bertz CT molecular complexity index is 1260. The van der Waals surface area contributed by atoms with Gasteiger partial charge in [0.1, 0.15) is 6.10 Å². The van der Waals surface area contributed by atoms with Crippen molar-refractivity contribution in [3.63, 3.8) is 0 Å². The lowest BCUT2D eigenvalue weighted by Crippen LogP contribution is -2.83. The fourth-order valence-electron chi connectivity index (χ4n) is 9.76. The van der Waals surface area contributed by atoms with Crippen LogP contribution in [0.5, 0.6) is 11.5 Å². The van der Waals surface area contributed by atoms with Gasteiger partial charge in [0.2, 0.25) is 0 Å². The molecular weight excluding hydrogens is 520 g/mol. The zero-order valence-corrected chi connectivity index (χ0v) is 25.9. The molecule has 3 fully saturated rings. The number of aliphatic hydroxyl groups is 1. The van der Waals surface area contributed by atoms with Crippen molar-refractivity contribution >= 4 is 0 Å². The maximum Gasteiger partial charge on any atom is 0.165 e. The van der Waals surface area contributed by atoms with E-state index in [-0.39, 0.29) is 23.4 Å². The zero-order valence-electron chi connectivity index (χ0n) is 25.9. The average molecular weight is 573 g/mol. The molecule has 0 unspecified atom stereocenters. The average Bonchev–Trinajstić information content (AvgIpc) is 3.74. The quantitative estimate of drug-likeness (QED) is 0.239. The first-order chi connectivity index (χ1) is 20.4. The highest BCUT2D eigenvalue weighted by molar-refractivity contribution is 5.63. The van der Waals surface area contributed by atoms with Crippen LogP contribution in [-0.4, -0.2) is 58.0 Å². The summed E-state index contributed by atoms with van der Waals surface area (Å²) in [6.45, 7) is 7.67. The van der Waals surface area contributed by atoms with E-state index in [4.69, 9.17) is 4.74 Å². The number of phenolic OH excluding ortho intramolecular Hbond substituents is 1. The minimum Gasteiger partial charge on any atom is -0.504 e. The van der Waals surface area contributed by atoms with Gasteiger partial charge in [-0.2, -0.15) is 0 Å². The highest BCUT2D eigenvalue weighted by Crippen LogP contribution is 2.68. The van der Waals surface area contributed by atoms with Crippen molar-refractivity contribution in [2.24, 2.45) is 11.8 Å². The van der Waals surface area contributed by atoms with Crippen molar-refractivity contribution in [3.8, 4) is 11.5 Å². The molecule has 5 aliphatic rings. The van der Waals surface area contributed by atoms with E-state index in [9.17, 15) is 10.2 Å². The van der Waals surface area contributed by atoms with Crippen LogP contribution < -0.4 is 10.1 Å². The van der Waals surface area contributed by atoms with Crippen LogP contribution in [0.15, 0.2) is 42.5 Å². The van der Waals surface area contributed by atoms with E-state index in [2.05, 4.69) is 60.5 Å². The lowest BCUT2D eigenvalue weighted by atomic mass is 9.44. The first-order valence-electron chi connectivity index (χ1n) is 17.1. The number of aryl methyl sites for hydroxylation is 1. The SMILES string of the molecule is CC(C)CN(CCCCCCc1ccccc1)[C@@H]1CC[C@@]2(O)[C@@]3(CCC4CC4)Cc4ccc(O)c5c4[C@@]2(CCN3)[C@H]1O5. The van der Waals surface area contributed by atoms with Crippen LogP contribution in [-0.2, 0) is 18.3 Å². The minimum atomic E-state index is -0.860. The molecule has 5 atom stereocenters. The van der Waals surface area contributed by atoms with E-state index >= 15 is 0 Å². The Morgan fingerprint density at radius 2 is 1.81 bits per heavy atom. The van der Waals surface area contributed by atoms with Crippen molar-refractivity contribution in [3.05, 3.63) is 59.2 Å². The largest absolute Gasteiger partial charge is 0.504 e. The number of rotatable bonds is 13. The maximum atomic E-state index is 13.1. The summed E-state index contributed by atoms with van der Waals surface area (Å²) in [6.07, 6.45) is 14.3. The molecule has 1 spiro atoms. The molecule has 228 valence electrons. The summed E-state index contributed by atoms with van der Waals surface area (Å²) in [5.41, 5.74) is 2.24. The lowest BCUT2D eigenvalue weighted by Gasteiger charge is -2.67. The molecule has 0 amide bonds. The lowest BCUT2D eigenvalue weighted by molar-refractivity contribution is -0.204. The summed E-state index contributed by atoms with van der Waals surface area (Å²) in [6, 6.07) is 15.1. The maximum absolute atomic E-state index is 13.1. The topological polar surface area (TPSA) is 65.0 Å². The van der Waals surface area contributed by atoms with Gasteiger partial charge >= 0.3 is 0 Å². The molecule has 2 heterocycles. The normalized spacial score (nSPS) is 32.7. The van der Waals surface area contributed by atoms with E-state index in [1.807, 2.05) is 6.07 Å². The van der Waals surface area contributed by atoms with Crippen LogP contribution in [0.25, 0.3) is 0 Å². The Kier molecular flexibility index (Phi) is 7.60. The van der Waals surface area contributed by atoms with Crippen LogP contribution in [0.2, 0.25) is 0 Å². The molecule has 2 bridgehead atoms. The molecule has 2 saturated carbocycles. The van der Waals surface area contributed by atoms with Crippen molar-refractivity contribution in [1.82, 2.24) is 10.2 Å². The molecule has 1 saturated heterocycles. The van der Waals surface area contributed by atoms with Gasteiger partial charge in [0, 0.05) is 18.2 Å². The number of nitrogens with one attached hydrogen (secondary N) is 1. The number of piperidine rings is 1. The second-order valence-corrected chi connectivity index (χ2v) is 14.9. The molecule has 0 aromatic heterocycles. The van der Waals surface area contributed by atoms with Crippen molar-refractivity contribution in [1.29, 1.82) is 0 Å². The monoisotopic (exact) mass is 572 g/mol. The van der Waals surface area contributed by atoms with Gasteiger partial charge in [-0.25, -0.2) is 0 Å². The van der Waals surface area contributed by atoms with Crippen LogP contribution in [0, 0.1) is 11.8 Å². The summed E-state index contributed by atoms with van der Waals surface area (Å²) >= 11 is 0. The molecule has 3 N–H and O–H groups in total. The fraction of sp³-hybridized carbons (Fsp3) is 0.676. The molecule has 7 rings (SSSR count). The minimum absolute atomic E-state index is 0.127. The van der Waals surface area contributed by atoms with E-state index in [0.29, 0.717) is 11.7 Å². The third-order valence-corrected chi connectivity index (χ3v) is 11.8. The number of aromatic hydroxyl groups is 1. The predicted molar refractivity (Wildman–Crippen MR) is 168 cm³/mol. The number of ether oxygens (including phenoxy) is 1. The molecule has 2 aliphatic heterocycles. The number of hydrogen-bond acceptors (Lipinski definition) is 5. The predicted octanol–water partition coefficient (Wildman–Crippen LogP) is 6.52. The Morgan fingerprint density at radius 3 is 2.60 bits per heavy atom. The summed E-state index contributed by atoms with van der Waals surface area (Å²) in [7, 11) is 0. The fourth-order valence-corrected chi connectivity index (χ4v) is 9.76. The second-order valence-electron chi connectivity index (χ2n) is 14.9. The third-order valence-electron chi connectivity index (χ3n) is 11.8. The smallest absolute Gasteiger partial charge is 0.165 e. The van der Waals surface area contributed by atoms with Gasteiger partial charge in [-0.1, -0.05) is 75.9 Å². The summed E-state index contributed by atoms with van der Waals surface area (Å²) in [4.78, 5) is 2.71. The first kappa shape index (κ1) is 28.7. The molecule has 2 aromatic carbocycles. The van der Waals surface area contributed by atoms with E-state index in [1.54, 1.807) is 0 Å². The van der Waals surface area contributed by atoms with Crippen molar-refractivity contribution in [2.75, 3.05) is 19.6 Å². The van der Waals surface area contributed by atoms with Crippen molar-refractivity contribution in [2.45, 2.75) is 126 Å². The van der Waals surface area contributed by atoms with E-state index in [1.165, 1.54) is 56.1 Å². The van der Waals surface area contributed by atoms with Gasteiger partial charge in [0.05, 0.1) is 16.6 Å². The van der Waals surface area contributed by atoms with Gasteiger partial charge in [-0.15, -0.1) is 0 Å². The Morgan fingerprint density at radius 1 is 1.00 bits per heavy atom. The second kappa shape index (κ2) is 11.1. The summed E-state index contributed by atoms with van der Waals surface area (Å²) < 4.78 is 6.95. The Balaban J connectivity index is 1.13. The van der Waals surface area contributed by atoms with Gasteiger partial charge < -0.3 is 20.3 Å². The van der Waals surface area contributed by atoms with Crippen LogP contribution in [0.4, 0.5) is 0 Å². The van der Waals surface area contributed by atoms with Gasteiger partial charge in [-0.3, -0.25) is 4.90 Å². The molecular formula is C37H52N2O3. The molecule has 0 radical (unpaired) electrons. The number of hydrogen-bond donors (Lipinski definition) is 3. The Labute approximate surface area is 253 Å². The van der Waals surface area contributed by atoms with Gasteiger partial charge in [-0.05, 0) is 99.9 Å². The summed E-state index contributed by atoms with van der Waals surface area (Å²) in [5, 5.41) is 28.1. The molecule has 5 nitrogen and oxygen atoms in total. The number of nitrogens with zero attached hydrogens (tertiary/aromatic N) is 1. The summed E-state index contributed by atoms with van der Waals surface area (Å²) in [5.74, 6) is 2.31. The number of unbranched alkanes of at least 4 members (excludes halogenated alkanes) is 3. The van der Waals surface area contributed by atoms with Gasteiger partial charge in [0.15, 0.2) is 11.5 Å². The van der Waals surface area contributed by atoms with Crippen molar-refractivity contribution < 1.29 is 14.9 Å². The zero-order chi connectivity index (χ0) is 29.0. The van der Waals surface area contributed by atoms with E-state index < -0.39 is 11.0 Å². The van der Waals surface area contributed by atoms with E-state index in [0.717, 1.165) is 69.6 Å². The highest BCUT2D eigenvalue weighted by atomic mass is 16.5. The van der Waals surface area contributed by atoms with Crippen LogP contribution in [0.3, 0.4) is 0 Å². The molecule has 5 heteroatoms. The number of benzene rings is 2. The standard InChI is InChI=1S/C37H52N2O3/c1-26(2)25-39(23-9-4-3-6-10-27-11-7-5-8-12-27)30-18-20-37(41)35(19-17-28-13-14-28)24-29-15-16-31(40)33-32(29)36(37,21-22-38-35)34(30)42-33/h5,7-8,11-12,15-16,26,28,30,34,38,40-41H,3-4,6,9-10,13-14,17-25H2,1-2H3/t30-,34+,35-,36+,37-/m1/s1. The first-order valence-corrected chi connectivity index (χ1v) is 17.1. The number of phenols is 1. The Hall–Kier alpha value is -2.08. The van der Waals surface area contributed by atoms with Crippen LogP contribution in [0.1, 0.15) is 101 Å². The third kappa shape index (κ3) is 4.61. The molecule has 42 heavy (non-hydrogen) atoms.